The number of nitrogens with zero attached hydrogens (tertiary/aromatic N) is 1. The van der Waals surface area contributed by atoms with Crippen LogP contribution in [-0.2, 0) is 4.74 Å². The highest BCUT2D eigenvalue weighted by Crippen LogP contribution is 2.21. The molecule has 0 aliphatic heterocycles. The minimum absolute atomic E-state index is 0.406. The molecule has 0 fully saturated rings. The van der Waals surface area contributed by atoms with Crippen molar-refractivity contribution in [1.29, 1.82) is 0 Å². The summed E-state index contributed by atoms with van der Waals surface area (Å²) >= 11 is 0. The van der Waals surface area contributed by atoms with Gasteiger partial charge in [-0.15, -0.1) is 0 Å². The van der Waals surface area contributed by atoms with Crippen LogP contribution >= 0.6 is 0 Å². The number of fused-ring (bicyclic) bond motifs is 1. The number of aromatic nitrogens is 2. The Morgan fingerprint density at radius 2 is 2.21 bits per heavy atom. The van der Waals surface area contributed by atoms with Gasteiger partial charge < -0.3 is 9.84 Å². The van der Waals surface area contributed by atoms with Crippen LogP contribution in [0.2, 0.25) is 0 Å². The number of nitrogens with one attached hydrogen (secondary N) is 1. The molecule has 5 nitrogen and oxygen atoms in total. The summed E-state index contributed by atoms with van der Waals surface area (Å²) in [5.74, 6) is 5.18. The molecule has 0 unspecified atom stereocenters. The summed E-state index contributed by atoms with van der Waals surface area (Å²) in [4.78, 5) is 11.6. The number of methoxy groups -OCH3 is 1. The van der Waals surface area contributed by atoms with E-state index in [9.17, 15) is 9.90 Å². The summed E-state index contributed by atoms with van der Waals surface area (Å²) in [6.45, 7) is 3.21. The zero-order valence-corrected chi connectivity index (χ0v) is 10.9. The Morgan fingerprint density at radius 1 is 1.47 bits per heavy atom. The molecule has 0 radical (unpaired) electrons. The predicted octanol–water partition coefficient (Wildman–Crippen LogP) is 1.47. The second kappa shape index (κ2) is 4.75. The van der Waals surface area contributed by atoms with Gasteiger partial charge in [0, 0.05) is 10.9 Å². The van der Waals surface area contributed by atoms with E-state index in [1.54, 1.807) is 32.2 Å². The molecule has 1 aromatic carbocycles. The normalized spacial score (nSPS) is 10.9. The van der Waals surface area contributed by atoms with Crippen molar-refractivity contribution in [3.8, 4) is 11.8 Å². The molecule has 19 heavy (non-hydrogen) atoms. The molecular weight excluding hydrogens is 244 g/mol. The molecule has 0 aliphatic carbocycles. The van der Waals surface area contributed by atoms with E-state index >= 15 is 0 Å². The fourth-order valence-electron chi connectivity index (χ4n) is 1.64. The molecule has 5 heteroatoms. The molecule has 0 amide bonds. The SMILES string of the molecule is COC(=O)c1ccc(C#CC(C)(C)O)c2cn[nH]c12. The van der Waals surface area contributed by atoms with Gasteiger partial charge in [0.2, 0.25) is 0 Å². The molecule has 0 atom stereocenters. The maximum atomic E-state index is 11.6. The predicted molar refractivity (Wildman–Crippen MR) is 70.6 cm³/mol. The van der Waals surface area contributed by atoms with E-state index in [-0.39, 0.29) is 0 Å². The van der Waals surface area contributed by atoms with E-state index in [1.165, 1.54) is 7.11 Å². The first kappa shape index (κ1) is 13.1. The Bertz CT molecular complexity index is 684. The van der Waals surface area contributed by atoms with Crippen LogP contribution in [0.1, 0.15) is 29.8 Å². The number of benzene rings is 1. The van der Waals surface area contributed by atoms with Gasteiger partial charge in [-0.1, -0.05) is 11.8 Å². The zero-order valence-electron chi connectivity index (χ0n) is 10.9. The number of aliphatic hydroxyl groups is 1. The van der Waals surface area contributed by atoms with Gasteiger partial charge in [-0.3, -0.25) is 5.10 Å². The van der Waals surface area contributed by atoms with Crippen LogP contribution in [0.15, 0.2) is 18.3 Å². The van der Waals surface area contributed by atoms with E-state index in [1.807, 2.05) is 0 Å². The maximum absolute atomic E-state index is 11.6. The summed E-state index contributed by atoms with van der Waals surface area (Å²) in [5.41, 5.74) is 0.605. The summed E-state index contributed by atoms with van der Waals surface area (Å²) in [7, 11) is 1.33. The fraction of sp³-hybridized carbons (Fsp3) is 0.286. The van der Waals surface area contributed by atoms with Crippen LogP contribution in [0.5, 0.6) is 0 Å². The number of aromatic amines is 1. The van der Waals surface area contributed by atoms with Crippen LogP contribution < -0.4 is 0 Å². The largest absolute Gasteiger partial charge is 0.465 e. The van der Waals surface area contributed by atoms with Gasteiger partial charge in [-0.25, -0.2) is 4.79 Å². The average molecular weight is 258 g/mol. The van der Waals surface area contributed by atoms with E-state index < -0.39 is 11.6 Å². The summed E-state index contributed by atoms with van der Waals surface area (Å²) in [6.07, 6.45) is 1.59. The van der Waals surface area contributed by atoms with Crippen LogP contribution in [0.3, 0.4) is 0 Å². The van der Waals surface area contributed by atoms with Gasteiger partial charge >= 0.3 is 5.97 Å². The first-order valence-electron chi connectivity index (χ1n) is 5.72. The van der Waals surface area contributed by atoms with Gasteiger partial charge in [-0.05, 0) is 26.0 Å². The van der Waals surface area contributed by atoms with E-state index in [4.69, 9.17) is 4.74 Å². The first-order chi connectivity index (χ1) is 8.92. The van der Waals surface area contributed by atoms with Crippen molar-refractivity contribution in [2.45, 2.75) is 19.4 Å². The second-order valence-electron chi connectivity index (χ2n) is 4.62. The lowest BCUT2D eigenvalue weighted by Gasteiger charge is -2.06. The molecule has 2 rings (SSSR count). The third kappa shape index (κ3) is 2.75. The van der Waals surface area contributed by atoms with Gasteiger partial charge in [-0.2, -0.15) is 5.10 Å². The number of ether oxygens (including phenoxy) is 1. The topological polar surface area (TPSA) is 75.2 Å². The number of rotatable bonds is 1. The van der Waals surface area contributed by atoms with Crippen LogP contribution in [0.25, 0.3) is 10.9 Å². The molecule has 0 saturated heterocycles. The molecule has 0 bridgehead atoms. The van der Waals surface area contributed by atoms with Crippen LogP contribution in [0.4, 0.5) is 0 Å². The smallest absolute Gasteiger partial charge is 0.340 e. The molecule has 0 aliphatic rings. The lowest BCUT2D eigenvalue weighted by atomic mass is 10.0. The van der Waals surface area contributed by atoms with Gasteiger partial charge in [0.15, 0.2) is 0 Å². The van der Waals surface area contributed by atoms with Crippen molar-refractivity contribution in [1.82, 2.24) is 10.2 Å². The molecule has 1 aromatic heterocycles. The van der Waals surface area contributed by atoms with Crippen LogP contribution in [-0.4, -0.2) is 34.0 Å². The number of hydrogen-bond acceptors (Lipinski definition) is 4. The Morgan fingerprint density at radius 3 is 2.84 bits per heavy atom. The number of esters is 1. The standard InChI is InChI=1S/C14H14N2O3/c1-14(2,18)7-6-9-4-5-10(13(17)19-3)12-11(9)8-15-16-12/h4-5,8,18H,1-3H3,(H,15,16). The number of carbonyl (C=O) groups is 1. The van der Waals surface area contributed by atoms with E-state index in [0.29, 0.717) is 16.6 Å². The third-order valence-corrected chi connectivity index (χ3v) is 2.52. The highest BCUT2D eigenvalue weighted by atomic mass is 16.5. The third-order valence-electron chi connectivity index (χ3n) is 2.52. The van der Waals surface area contributed by atoms with Gasteiger partial charge in [0.05, 0.1) is 24.4 Å². The summed E-state index contributed by atoms with van der Waals surface area (Å²) in [5, 5.41) is 17.0. The number of H-pyrrole nitrogens is 1. The Hall–Kier alpha value is -2.32. The van der Waals surface area contributed by atoms with Gasteiger partial charge in [0.1, 0.15) is 5.60 Å². The molecule has 0 spiro atoms. The zero-order chi connectivity index (χ0) is 14.0. The average Bonchev–Trinajstić information content (AvgIpc) is 2.83. The van der Waals surface area contributed by atoms with Crippen molar-refractivity contribution in [3.05, 3.63) is 29.5 Å². The lowest BCUT2D eigenvalue weighted by molar-refractivity contribution is 0.0602. The Balaban J connectivity index is 2.58. The molecule has 2 N–H and O–H groups in total. The highest BCUT2D eigenvalue weighted by molar-refractivity contribution is 6.04. The molecular formula is C14H14N2O3. The number of carbonyl (C=O) groups excluding carboxylic acids is 1. The summed E-state index contributed by atoms with van der Waals surface area (Å²) < 4.78 is 4.71. The fourth-order valence-corrected chi connectivity index (χ4v) is 1.64. The van der Waals surface area contributed by atoms with Crippen LogP contribution in [0, 0.1) is 11.8 Å². The minimum Gasteiger partial charge on any atom is -0.465 e. The Kier molecular flexibility index (Phi) is 3.28. The quantitative estimate of drug-likeness (QED) is 0.600. The second-order valence-corrected chi connectivity index (χ2v) is 4.62. The van der Waals surface area contributed by atoms with Crippen molar-refractivity contribution in [2.75, 3.05) is 7.11 Å². The van der Waals surface area contributed by atoms with E-state index in [2.05, 4.69) is 22.0 Å². The molecule has 2 aromatic rings. The maximum Gasteiger partial charge on any atom is 0.340 e. The lowest BCUT2D eigenvalue weighted by Crippen LogP contribution is -2.14. The molecule has 98 valence electrons. The van der Waals surface area contributed by atoms with Crippen molar-refractivity contribution in [3.63, 3.8) is 0 Å². The summed E-state index contributed by atoms with van der Waals surface area (Å²) in [6, 6.07) is 3.34. The highest BCUT2D eigenvalue weighted by Gasteiger charge is 2.14. The Labute approximate surface area is 110 Å². The molecule has 0 saturated carbocycles. The van der Waals surface area contributed by atoms with Crippen molar-refractivity contribution in [2.24, 2.45) is 0 Å². The minimum atomic E-state index is -1.07. The molecule has 1 heterocycles. The van der Waals surface area contributed by atoms with E-state index in [0.717, 1.165) is 5.39 Å². The van der Waals surface area contributed by atoms with Crippen molar-refractivity contribution >= 4 is 16.9 Å². The monoisotopic (exact) mass is 258 g/mol. The van der Waals surface area contributed by atoms with Crippen molar-refractivity contribution < 1.29 is 14.6 Å². The first-order valence-corrected chi connectivity index (χ1v) is 5.72. The number of hydrogen-bond donors (Lipinski definition) is 2. The van der Waals surface area contributed by atoms with Gasteiger partial charge in [0.25, 0.3) is 0 Å².